The zero-order valence-corrected chi connectivity index (χ0v) is 11.7. The third kappa shape index (κ3) is 1.99. The number of rotatable bonds is 2. The van der Waals surface area contributed by atoms with E-state index in [-0.39, 0.29) is 6.42 Å². The van der Waals surface area contributed by atoms with Gasteiger partial charge in [0.1, 0.15) is 0 Å². The van der Waals surface area contributed by atoms with Gasteiger partial charge < -0.3 is 10.4 Å². The molecule has 3 nitrogen and oxygen atoms in total. The average Bonchev–Trinajstić information content (AvgIpc) is 2.66. The largest absolute Gasteiger partial charge is 0.375 e. The van der Waals surface area contributed by atoms with E-state index in [0.717, 1.165) is 11.1 Å². The number of aliphatic hydroxyl groups is 1. The second-order valence-corrected chi connectivity index (χ2v) is 5.54. The number of benzene rings is 2. The van der Waals surface area contributed by atoms with Gasteiger partial charge in [0.05, 0.1) is 0 Å². The fraction of sp³-hybridized carbons (Fsp3) is 0.188. The van der Waals surface area contributed by atoms with Crippen molar-refractivity contribution in [1.82, 2.24) is 0 Å². The SMILES string of the molecule is Cc1ccc(CC2(O)C(=O)Nc3ccccc32)c(Cl)c1. The van der Waals surface area contributed by atoms with Gasteiger partial charge in [-0.1, -0.05) is 41.9 Å². The molecule has 4 heteroatoms. The van der Waals surface area contributed by atoms with Gasteiger partial charge in [0.15, 0.2) is 5.60 Å². The molecule has 1 amide bonds. The number of aryl methyl sites for hydroxylation is 1. The average molecular weight is 288 g/mol. The van der Waals surface area contributed by atoms with Crippen molar-refractivity contribution in [3.05, 3.63) is 64.2 Å². The van der Waals surface area contributed by atoms with Gasteiger partial charge in [0.2, 0.25) is 0 Å². The van der Waals surface area contributed by atoms with Crippen LogP contribution in [0.4, 0.5) is 5.69 Å². The Morgan fingerprint density at radius 3 is 2.75 bits per heavy atom. The quantitative estimate of drug-likeness (QED) is 0.892. The maximum Gasteiger partial charge on any atom is 0.261 e. The first kappa shape index (κ1) is 13.2. The molecule has 0 saturated heterocycles. The number of hydrogen-bond donors (Lipinski definition) is 2. The molecule has 102 valence electrons. The van der Waals surface area contributed by atoms with Crippen molar-refractivity contribution >= 4 is 23.2 Å². The smallest absolute Gasteiger partial charge is 0.261 e. The van der Waals surface area contributed by atoms with Gasteiger partial charge in [-0.25, -0.2) is 0 Å². The molecule has 3 rings (SSSR count). The van der Waals surface area contributed by atoms with Crippen molar-refractivity contribution in [2.24, 2.45) is 0 Å². The lowest BCUT2D eigenvalue weighted by Gasteiger charge is -2.21. The Kier molecular flexibility index (Phi) is 3.04. The summed E-state index contributed by atoms with van der Waals surface area (Å²) in [5.74, 6) is -0.407. The Morgan fingerprint density at radius 1 is 1.25 bits per heavy atom. The van der Waals surface area contributed by atoms with Crippen LogP contribution in [-0.2, 0) is 16.8 Å². The highest BCUT2D eigenvalue weighted by Gasteiger charge is 2.45. The van der Waals surface area contributed by atoms with E-state index in [4.69, 9.17) is 11.6 Å². The van der Waals surface area contributed by atoms with Crippen LogP contribution in [0.2, 0.25) is 5.02 Å². The lowest BCUT2D eigenvalue weighted by Crippen LogP contribution is -2.36. The minimum Gasteiger partial charge on any atom is -0.375 e. The second kappa shape index (κ2) is 4.62. The highest BCUT2D eigenvalue weighted by atomic mass is 35.5. The highest BCUT2D eigenvalue weighted by Crippen LogP contribution is 2.39. The Hall–Kier alpha value is -1.84. The lowest BCUT2D eigenvalue weighted by atomic mass is 9.88. The summed E-state index contributed by atoms with van der Waals surface area (Å²) in [6.07, 6.45) is 0.162. The minimum atomic E-state index is -1.56. The van der Waals surface area contributed by atoms with Crippen LogP contribution in [0.1, 0.15) is 16.7 Å². The third-order valence-corrected chi connectivity index (χ3v) is 4.00. The maximum atomic E-state index is 12.1. The van der Waals surface area contributed by atoms with Crippen LogP contribution in [0.15, 0.2) is 42.5 Å². The highest BCUT2D eigenvalue weighted by molar-refractivity contribution is 6.31. The van der Waals surface area contributed by atoms with E-state index in [1.54, 1.807) is 18.2 Å². The maximum absolute atomic E-state index is 12.1. The molecular formula is C16H14ClNO2. The van der Waals surface area contributed by atoms with E-state index in [2.05, 4.69) is 5.32 Å². The number of fused-ring (bicyclic) bond motifs is 1. The van der Waals surface area contributed by atoms with Crippen molar-refractivity contribution in [3.63, 3.8) is 0 Å². The van der Waals surface area contributed by atoms with Crippen LogP contribution in [0, 0.1) is 6.92 Å². The minimum absolute atomic E-state index is 0.162. The molecule has 1 atom stereocenters. The number of carbonyl (C=O) groups excluding carboxylic acids is 1. The Labute approximate surface area is 122 Å². The summed E-state index contributed by atoms with van der Waals surface area (Å²) in [5.41, 5.74) is 1.49. The lowest BCUT2D eigenvalue weighted by molar-refractivity contribution is -0.133. The van der Waals surface area contributed by atoms with Gasteiger partial charge in [-0.3, -0.25) is 4.79 Å². The van der Waals surface area contributed by atoms with Crippen LogP contribution in [0.5, 0.6) is 0 Å². The molecule has 0 fully saturated rings. The summed E-state index contributed by atoms with van der Waals surface area (Å²) in [6.45, 7) is 1.95. The van der Waals surface area contributed by atoms with Crippen molar-refractivity contribution in [1.29, 1.82) is 0 Å². The molecule has 1 aliphatic rings. The van der Waals surface area contributed by atoms with E-state index in [9.17, 15) is 9.90 Å². The standard InChI is InChI=1S/C16H14ClNO2/c1-10-6-7-11(13(17)8-10)9-16(20)12-4-2-3-5-14(12)18-15(16)19/h2-8,20H,9H2,1H3,(H,18,19). The molecule has 0 aromatic heterocycles. The Balaban J connectivity index is 2.03. The first-order chi connectivity index (χ1) is 9.50. The number of para-hydroxylation sites is 1. The summed E-state index contributed by atoms with van der Waals surface area (Å²) in [4.78, 5) is 12.1. The van der Waals surface area contributed by atoms with Gasteiger partial charge in [-0.15, -0.1) is 0 Å². The molecular weight excluding hydrogens is 274 g/mol. The first-order valence-electron chi connectivity index (χ1n) is 6.39. The van der Waals surface area contributed by atoms with Crippen LogP contribution in [-0.4, -0.2) is 11.0 Å². The molecule has 0 spiro atoms. The molecule has 0 bridgehead atoms. The number of carbonyl (C=O) groups is 1. The topological polar surface area (TPSA) is 49.3 Å². The molecule has 0 saturated carbocycles. The molecule has 1 unspecified atom stereocenters. The van der Waals surface area contributed by atoms with Gasteiger partial charge in [-0.05, 0) is 30.2 Å². The monoisotopic (exact) mass is 287 g/mol. The predicted octanol–water partition coefficient (Wildman–Crippen LogP) is 3.03. The van der Waals surface area contributed by atoms with E-state index in [0.29, 0.717) is 16.3 Å². The predicted molar refractivity (Wildman–Crippen MR) is 78.9 cm³/mol. The number of halogens is 1. The zero-order chi connectivity index (χ0) is 14.3. The van der Waals surface area contributed by atoms with Gasteiger partial charge in [0.25, 0.3) is 5.91 Å². The zero-order valence-electron chi connectivity index (χ0n) is 11.0. The number of nitrogens with one attached hydrogen (secondary N) is 1. The normalized spacial score (nSPS) is 20.6. The van der Waals surface area contributed by atoms with Gasteiger partial charge >= 0.3 is 0 Å². The molecule has 0 radical (unpaired) electrons. The summed E-state index contributed by atoms with van der Waals surface area (Å²) in [6, 6.07) is 12.8. The van der Waals surface area contributed by atoms with E-state index in [1.165, 1.54) is 0 Å². The number of hydrogen-bond acceptors (Lipinski definition) is 2. The molecule has 2 aromatic rings. The molecule has 1 aliphatic heterocycles. The van der Waals surface area contributed by atoms with Crippen LogP contribution < -0.4 is 5.32 Å². The Morgan fingerprint density at radius 2 is 2.00 bits per heavy atom. The van der Waals surface area contributed by atoms with E-state index < -0.39 is 11.5 Å². The number of amides is 1. The van der Waals surface area contributed by atoms with Gasteiger partial charge in [-0.2, -0.15) is 0 Å². The molecule has 1 heterocycles. The fourth-order valence-electron chi connectivity index (χ4n) is 2.55. The fourth-order valence-corrected chi connectivity index (χ4v) is 2.85. The molecule has 20 heavy (non-hydrogen) atoms. The van der Waals surface area contributed by atoms with Crippen molar-refractivity contribution in [2.45, 2.75) is 18.9 Å². The molecule has 0 aliphatic carbocycles. The van der Waals surface area contributed by atoms with E-state index >= 15 is 0 Å². The van der Waals surface area contributed by atoms with Crippen LogP contribution >= 0.6 is 11.6 Å². The van der Waals surface area contributed by atoms with Crippen LogP contribution in [0.3, 0.4) is 0 Å². The molecule has 2 aromatic carbocycles. The number of anilines is 1. The second-order valence-electron chi connectivity index (χ2n) is 5.13. The third-order valence-electron chi connectivity index (χ3n) is 3.65. The molecule has 2 N–H and O–H groups in total. The Bertz CT molecular complexity index is 699. The summed E-state index contributed by atoms with van der Waals surface area (Å²) < 4.78 is 0. The van der Waals surface area contributed by atoms with E-state index in [1.807, 2.05) is 31.2 Å². The van der Waals surface area contributed by atoms with Crippen molar-refractivity contribution < 1.29 is 9.90 Å². The summed E-state index contributed by atoms with van der Waals surface area (Å²) in [5, 5.41) is 14.1. The van der Waals surface area contributed by atoms with Crippen LogP contribution in [0.25, 0.3) is 0 Å². The van der Waals surface area contributed by atoms with Crippen molar-refractivity contribution in [3.8, 4) is 0 Å². The van der Waals surface area contributed by atoms with Crippen molar-refractivity contribution in [2.75, 3.05) is 5.32 Å². The summed E-state index contributed by atoms with van der Waals surface area (Å²) in [7, 11) is 0. The summed E-state index contributed by atoms with van der Waals surface area (Å²) >= 11 is 6.20. The first-order valence-corrected chi connectivity index (χ1v) is 6.77. The van der Waals surface area contributed by atoms with Gasteiger partial charge in [0, 0.05) is 22.7 Å².